The molecule has 2 aliphatic rings. The van der Waals surface area contributed by atoms with E-state index in [1.165, 1.54) is 6.92 Å². The lowest BCUT2D eigenvalue weighted by atomic mass is 9.70. The van der Waals surface area contributed by atoms with Crippen molar-refractivity contribution in [3.8, 4) is 0 Å². The van der Waals surface area contributed by atoms with Crippen molar-refractivity contribution in [1.29, 1.82) is 0 Å². The number of hydrogen-bond donors (Lipinski definition) is 0. The topological polar surface area (TPSA) is 43.4 Å². The molecule has 0 aromatic carbocycles. The number of ether oxygens (including phenoxy) is 1. The number of carbonyl (C=O) groups excluding carboxylic acids is 2. The van der Waals surface area contributed by atoms with Crippen molar-refractivity contribution in [2.75, 3.05) is 0 Å². The second-order valence-corrected chi connectivity index (χ2v) is 5.84. The van der Waals surface area contributed by atoms with Crippen LogP contribution in [0.2, 0.25) is 0 Å². The third-order valence-electron chi connectivity index (χ3n) is 4.10. The van der Waals surface area contributed by atoms with Crippen LogP contribution >= 0.6 is 0 Å². The first-order chi connectivity index (χ1) is 7.42. The highest BCUT2D eigenvalue weighted by Crippen LogP contribution is 2.51. The van der Waals surface area contributed by atoms with Gasteiger partial charge in [0.05, 0.1) is 0 Å². The zero-order valence-electron chi connectivity index (χ0n) is 10.3. The molecule has 0 radical (unpaired) electrons. The largest absolute Gasteiger partial charge is 0.462 e. The van der Waals surface area contributed by atoms with E-state index in [2.05, 4.69) is 13.8 Å². The van der Waals surface area contributed by atoms with Gasteiger partial charge in [0.25, 0.3) is 0 Å². The van der Waals surface area contributed by atoms with E-state index in [9.17, 15) is 9.59 Å². The molecule has 2 fully saturated rings. The number of hydrogen-bond acceptors (Lipinski definition) is 3. The van der Waals surface area contributed by atoms with Crippen molar-refractivity contribution in [1.82, 2.24) is 0 Å². The summed E-state index contributed by atoms with van der Waals surface area (Å²) in [4.78, 5) is 23.0. The lowest BCUT2D eigenvalue weighted by molar-refractivity contribution is -0.155. The van der Waals surface area contributed by atoms with E-state index in [1.54, 1.807) is 0 Å². The fraction of sp³-hybridized carbons (Fsp3) is 0.846. The molecule has 90 valence electrons. The maximum absolute atomic E-state index is 11.9. The molecule has 16 heavy (non-hydrogen) atoms. The Balaban J connectivity index is 2.22. The molecule has 0 aliphatic heterocycles. The van der Waals surface area contributed by atoms with Crippen LogP contribution in [-0.2, 0) is 14.3 Å². The molecule has 0 saturated heterocycles. The van der Waals surface area contributed by atoms with E-state index < -0.39 is 0 Å². The first-order valence-corrected chi connectivity index (χ1v) is 6.12. The summed E-state index contributed by atoms with van der Waals surface area (Å²) in [5, 5.41) is 0. The van der Waals surface area contributed by atoms with Crippen LogP contribution in [-0.4, -0.2) is 17.9 Å². The summed E-state index contributed by atoms with van der Waals surface area (Å²) in [5.74, 6) is 0.512. The molecule has 0 N–H and O–H groups in total. The van der Waals surface area contributed by atoms with Crippen LogP contribution in [0.5, 0.6) is 0 Å². The van der Waals surface area contributed by atoms with Crippen molar-refractivity contribution < 1.29 is 14.3 Å². The quantitative estimate of drug-likeness (QED) is 0.642. The Morgan fingerprint density at radius 3 is 2.69 bits per heavy atom. The van der Waals surface area contributed by atoms with Crippen LogP contribution in [0, 0.1) is 17.3 Å². The zero-order valence-corrected chi connectivity index (χ0v) is 10.3. The van der Waals surface area contributed by atoms with E-state index in [1.807, 2.05) is 0 Å². The highest BCUT2D eigenvalue weighted by molar-refractivity contribution is 5.85. The first-order valence-electron chi connectivity index (χ1n) is 6.12. The van der Waals surface area contributed by atoms with Gasteiger partial charge in [0, 0.05) is 25.2 Å². The van der Waals surface area contributed by atoms with Gasteiger partial charge in [-0.25, -0.2) is 0 Å². The van der Waals surface area contributed by atoms with Crippen LogP contribution in [0.4, 0.5) is 0 Å². The molecule has 2 rings (SSSR count). The molecule has 2 aliphatic carbocycles. The standard InChI is InChI=1S/C13H20O3/c1-8(14)16-11-6-4-5-9-10(15)7-13(2,3)12(9)11/h9,11-12H,4-7H2,1-3H3/t9-,11-,12-/m0/s1. The van der Waals surface area contributed by atoms with Gasteiger partial charge in [0.15, 0.2) is 0 Å². The lowest BCUT2D eigenvalue weighted by Crippen LogP contribution is -2.40. The smallest absolute Gasteiger partial charge is 0.302 e. The normalized spacial score (nSPS) is 36.9. The minimum absolute atomic E-state index is 0.0116. The maximum Gasteiger partial charge on any atom is 0.302 e. The van der Waals surface area contributed by atoms with Gasteiger partial charge in [-0.3, -0.25) is 9.59 Å². The predicted molar refractivity (Wildman–Crippen MR) is 59.8 cm³/mol. The zero-order chi connectivity index (χ0) is 11.9. The highest BCUT2D eigenvalue weighted by Gasteiger charge is 2.53. The molecule has 3 atom stereocenters. The van der Waals surface area contributed by atoms with Gasteiger partial charge in [-0.15, -0.1) is 0 Å². The number of carbonyl (C=O) groups is 2. The van der Waals surface area contributed by atoms with E-state index in [-0.39, 0.29) is 29.3 Å². The number of esters is 1. The van der Waals surface area contributed by atoms with E-state index in [0.717, 1.165) is 19.3 Å². The summed E-state index contributed by atoms with van der Waals surface area (Å²) in [7, 11) is 0. The van der Waals surface area contributed by atoms with Gasteiger partial charge >= 0.3 is 5.97 Å². The van der Waals surface area contributed by atoms with E-state index in [0.29, 0.717) is 12.2 Å². The van der Waals surface area contributed by atoms with Crippen molar-refractivity contribution in [2.45, 2.75) is 52.6 Å². The van der Waals surface area contributed by atoms with Crippen LogP contribution in [0.3, 0.4) is 0 Å². The third kappa shape index (κ3) is 1.87. The van der Waals surface area contributed by atoms with Gasteiger partial charge in [-0.05, 0) is 24.7 Å². The Hall–Kier alpha value is -0.860. The Labute approximate surface area is 96.5 Å². The van der Waals surface area contributed by atoms with Crippen LogP contribution in [0.1, 0.15) is 46.5 Å². The minimum Gasteiger partial charge on any atom is -0.462 e. The summed E-state index contributed by atoms with van der Waals surface area (Å²) < 4.78 is 5.40. The van der Waals surface area contributed by atoms with Crippen LogP contribution < -0.4 is 0 Å². The summed E-state index contributed by atoms with van der Waals surface area (Å²) in [6.07, 6.45) is 3.49. The first kappa shape index (κ1) is 11.6. The molecule has 0 heterocycles. The molecule has 3 heteroatoms. The molecule has 0 aromatic heterocycles. The Kier molecular flexibility index (Phi) is 2.81. The van der Waals surface area contributed by atoms with Crippen molar-refractivity contribution in [3.63, 3.8) is 0 Å². The minimum atomic E-state index is -0.221. The number of fused-ring (bicyclic) bond motifs is 1. The van der Waals surface area contributed by atoms with Gasteiger partial charge < -0.3 is 4.74 Å². The SMILES string of the molecule is CC(=O)O[C@H]1CCC[C@H]2C(=O)CC(C)(C)[C@H]12. The van der Waals surface area contributed by atoms with Crippen molar-refractivity contribution in [2.24, 2.45) is 17.3 Å². The van der Waals surface area contributed by atoms with Gasteiger partial charge in [-0.2, -0.15) is 0 Å². The molecular formula is C13H20O3. The molecule has 0 unspecified atom stereocenters. The number of ketones is 1. The molecule has 0 aromatic rings. The number of Topliss-reactive ketones (excluding diaryl/α,β-unsaturated/α-hetero) is 1. The van der Waals surface area contributed by atoms with Gasteiger partial charge in [0.1, 0.15) is 11.9 Å². The highest BCUT2D eigenvalue weighted by atomic mass is 16.5. The molecular weight excluding hydrogens is 204 g/mol. The average molecular weight is 224 g/mol. The van der Waals surface area contributed by atoms with Gasteiger partial charge in [0.2, 0.25) is 0 Å². The summed E-state index contributed by atoms with van der Waals surface area (Å²) in [6.45, 7) is 5.70. The summed E-state index contributed by atoms with van der Waals surface area (Å²) >= 11 is 0. The molecule has 0 bridgehead atoms. The molecule has 3 nitrogen and oxygen atoms in total. The van der Waals surface area contributed by atoms with Crippen LogP contribution in [0.15, 0.2) is 0 Å². The van der Waals surface area contributed by atoms with Gasteiger partial charge in [-0.1, -0.05) is 13.8 Å². The molecule has 2 saturated carbocycles. The maximum atomic E-state index is 11.9. The number of rotatable bonds is 1. The fourth-order valence-corrected chi connectivity index (χ4v) is 3.61. The lowest BCUT2D eigenvalue weighted by Gasteiger charge is -2.39. The van der Waals surface area contributed by atoms with Crippen LogP contribution in [0.25, 0.3) is 0 Å². The average Bonchev–Trinajstić information content (AvgIpc) is 2.37. The summed E-state index contributed by atoms with van der Waals surface area (Å²) in [5.41, 5.74) is -0.0116. The second-order valence-electron chi connectivity index (χ2n) is 5.84. The van der Waals surface area contributed by atoms with Crippen molar-refractivity contribution in [3.05, 3.63) is 0 Å². The fourth-order valence-electron chi connectivity index (χ4n) is 3.61. The van der Waals surface area contributed by atoms with Crippen molar-refractivity contribution >= 4 is 11.8 Å². The monoisotopic (exact) mass is 224 g/mol. The van der Waals surface area contributed by atoms with E-state index in [4.69, 9.17) is 4.74 Å². The predicted octanol–water partition coefficient (Wildman–Crippen LogP) is 2.33. The Bertz CT molecular complexity index is 319. The molecule has 0 spiro atoms. The molecule has 0 amide bonds. The second kappa shape index (κ2) is 3.86. The summed E-state index contributed by atoms with van der Waals surface area (Å²) in [6, 6.07) is 0. The third-order valence-corrected chi connectivity index (χ3v) is 4.10. The Morgan fingerprint density at radius 2 is 2.06 bits per heavy atom. The Morgan fingerprint density at radius 1 is 1.38 bits per heavy atom. The van der Waals surface area contributed by atoms with E-state index >= 15 is 0 Å².